The largest absolute Gasteiger partial charge is 0.353 e. The first-order valence-electron chi connectivity index (χ1n) is 11.5. The molecule has 1 fully saturated rings. The molecule has 0 aliphatic carbocycles. The Hall–Kier alpha value is -2.32. The van der Waals surface area contributed by atoms with Gasteiger partial charge in [-0.05, 0) is 31.9 Å². The number of nitrogens with zero attached hydrogens (tertiary/aromatic N) is 5. The Morgan fingerprint density at radius 2 is 1.82 bits per heavy atom. The smallest absolute Gasteiger partial charge is 0.254 e. The van der Waals surface area contributed by atoms with Crippen LogP contribution in [0, 0.1) is 0 Å². The molecule has 1 aromatic heterocycles. The van der Waals surface area contributed by atoms with Gasteiger partial charge in [0.15, 0.2) is 5.16 Å². The Morgan fingerprint density at radius 3 is 2.45 bits per heavy atom. The fourth-order valence-corrected chi connectivity index (χ4v) is 4.93. The van der Waals surface area contributed by atoms with Crippen LogP contribution in [0.3, 0.4) is 0 Å². The zero-order valence-electron chi connectivity index (χ0n) is 19.5. The van der Waals surface area contributed by atoms with E-state index in [2.05, 4.69) is 28.7 Å². The van der Waals surface area contributed by atoms with Gasteiger partial charge >= 0.3 is 0 Å². The number of hydrogen-bond donors (Lipinski definition) is 0. The molecule has 1 saturated heterocycles. The molecule has 7 nitrogen and oxygen atoms in total. The second-order valence-electron chi connectivity index (χ2n) is 8.16. The Bertz CT molecular complexity index is 940. The lowest BCUT2D eigenvalue weighted by Gasteiger charge is -2.40. The van der Waals surface area contributed by atoms with E-state index in [1.165, 1.54) is 11.8 Å². The van der Waals surface area contributed by atoms with Crippen LogP contribution in [0.2, 0.25) is 5.15 Å². The summed E-state index contributed by atoms with van der Waals surface area (Å²) in [6.45, 7) is 9.61. The van der Waals surface area contributed by atoms with E-state index in [9.17, 15) is 9.59 Å². The fraction of sp³-hybridized carbons (Fsp3) is 0.500. The monoisotopic (exact) mass is 489 g/mol. The van der Waals surface area contributed by atoms with Crippen LogP contribution >= 0.6 is 23.4 Å². The number of carbonyl (C=O) groups excluding carboxylic acids is 2. The standard InChI is InChI=1S/C24H32ClN5O2S/c1-4-11-28(12-5-2)22(31)17-33-24-26-20(25)15-21(27-24)29-13-14-30(18(3)16-29)23(32)19-9-7-6-8-10-19/h6-10,15,18H,4-5,11-14,16-17H2,1-3H3. The highest BCUT2D eigenvalue weighted by atomic mass is 35.5. The highest BCUT2D eigenvalue weighted by molar-refractivity contribution is 7.99. The summed E-state index contributed by atoms with van der Waals surface area (Å²) in [6.07, 6.45) is 1.87. The molecule has 0 N–H and O–H groups in total. The summed E-state index contributed by atoms with van der Waals surface area (Å²) in [4.78, 5) is 40.4. The van der Waals surface area contributed by atoms with Crippen molar-refractivity contribution in [2.75, 3.05) is 43.4 Å². The molecular weight excluding hydrogens is 458 g/mol. The highest BCUT2D eigenvalue weighted by Gasteiger charge is 2.29. The molecule has 2 amide bonds. The molecule has 0 spiro atoms. The van der Waals surface area contributed by atoms with Gasteiger partial charge < -0.3 is 14.7 Å². The van der Waals surface area contributed by atoms with Crippen molar-refractivity contribution in [3.05, 3.63) is 47.1 Å². The van der Waals surface area contributed by atoms with E-state index in [0.29, 0.717) is 35.5 Å². The minimum Gasteiger partial charge on any atom is -0.353 e. The SMILES string of the molecule is CCCN(CCC)C(=O)CSc1nc(Cl)cc(N2CCN(C(=O)c3ccccc3)C(C)C2)n1. The first-order chi connectivity index (χ1) is 15.9. The zero-order chi connectivity index (χ0) is 23.8. The third-order valence-corrected chi connectivity index (χ3v) is 6.58. The molecule has 0 saturated carbocycles. The second-order valence-corrected chi connectivity index (χ2v) is 9.49. The summed E-state index contributed by atoms with van der Waals surface area (Å²) < 4.78 is 0. The van der Waals surface area contributed by atoms with Gasteiger partial charge in [0.25, 0.3) is 5.91 Å². The molecule has 1 atom stereocenters. The lowest BCUT2D eigenvalue weighted by molar-refractivity contribution is -0.128. The van der Waals surface area contributed by atoms with Crippen LogP contribution in [0.1, 0.15) is 44.0 Å². The van der Waals surface area contributed by atoms with Gasteiger partial charge in [-0.15, -0.1) is 0 Å². The summed E-state index contributed by atoms with van der Waals surface area (Å²) in [6, 6.07) is 11.1. The second kappa shape index (κ2) is 12.2. The first kappa shape index (κ1) is 25.3. The van der Waals surface area contributed by atoms with E-state index in [4.69, 9.17) is 11.6 Å². The average Bonchev–Trinajstić information content (AvgIpc) is 2.82. The van der Waals surface area contributed by atoms with Gasteiger partial charge in [0.05, 0.1) is 5.75 Å². The third kappa shape index (κ3) is 6.84. The van der Waals surface area contributed by atoms with Crippen LogP contribution < -0.4 is 4.90 Å². The number of amides is 2. The van der Waals surface area contributed by atoms with Crippen LogP contribution in [-0.4, -0.2) is 76.1 Å². The predicted molar refractivity (Wildman–Crippen MR) is 134 cm³/mol. The average molecular weight is 490 g/mol. The van der Waals surface area contributed by atoms with Crippen LogP contribution in [0.25, 0.3) is 0 Å². The van der Waals surface area contributed by atoms with E-state index < -0.39 is 0 Å². The molecule has 1 unspecified atom stereocenters. The Kier molecular flexibility index (Phi) is 9.38. The summed E-state index contributed by atoms with van der Waals surface area (Å²) in [5, 5.41) is 0.846. The molecule has 9 heteroatoms. The summed E-state index contributed by atoms with van der Waals surface area (Å²) in [7, 11) is 0. The lowest BCUT2D eigenvalue weighted by atomic mass is 10.1. The van der Waals surface area contributed by atoms with Crippen LogP contribution in [0.4, 0.5) is 5.82 Å². The molecule has 0 bridgehead atoms. The van der Waals surface area contributed by atoms with E-state index in [1.54, 1.807) is 6.07 Å². The molecule has 0 radical (unpaired) electrons. The minimum absolute atomic E-state index is 0.0227. The first-order valence-corrected chi connectivity index (χ1v) is 12.8. The quantitative estimate of drug-likeness (QED) is 0.298. The number of piperazine rings is 1. The van der Waals surface area contributed by atoms with E-state index >= 15 is 0 Å². The number of thioether (sulfide) groups is 1. The maximum atomic E-state index is 12.9. The van der Waals surface area contributed by atoms with Crippen LogP contribution in [0.5, 0.6) is 0 Å². The number of carbonyl (C=O) groups is 2. The van der Waals surface area contributed by atoms with Crippen LogP contribution in [-0.2, 0) is 4.79 Å². The van der Waals surface area contributed by atoms with E-state index in [-0.39, 0.29) is 23.6 Å². The summed E-state index contributed by atoms with van der Waals surface area (Å²) in [5.74, 6) is 1.15. The molecular formula is C24H32ClN5O2S. The van der Waals surface area contributed by atoms with Crippen molar-refractivity contribution in [1.82, 2.24) is 19.8 Å². The van der Waals surface area contributed by atoms with Gasteiger partial charge in [-0.25, -0.2) is 9.97 Å². The van der Waals surface area contributed by atoms with E-state index in [1.807, 2.05) is 47.1 Å². The van der Waals surface area contributed by atoms with Gasteiger partial charge in [-0.1, -0.05) is 55.4 Å². The van der Waals surface area contributed by atoms with Crippen molar-refractivity contribution in [3.8, 4) is 0 Å². The Labute approximate surface area is 205 Å². The van der Waals surface area contributed by atoms with Gasteiger partial charge in [0.1, 0.15) is 11.0 Å². The predicted octanol–water partition coefficient (Wildman–Crippen LogP) is 4.22. The number of anilines is 1. The summed E-state index contributed by atoms with van der Waals surface area (Å²) >= 11 is 7.61. The minimum atomic E-state index is 0.0227. The van der Waals surface area contributed by atoms with E-state index in [0.717, 1.165) is 31.7 Å². The number of halogens is 1. The molecule has 178 valence electrons. The van der Waals surface area contributed by atoms with Crippen molar-refractivity contribution >= 4 is 41.0 Å². The summed E-state index contributed by atoms with van der Waals surface area (Å²) in [5.41, 5.74) is 0.700. The lowest BCUT2D eigenvalue weighted by Crippen LogP contribution is -2.54. The number of aromatic nitrogens is 2. The van der Waals surface area contributed by atoms with Crippen LogP contribution in [0.15, 0.2) is 41.6 Å². The third-order valence-electron chi connectivity index (χ3n) is 5.56. The van der Waals surface area contributed by atoms with Crippen molar-refractivity contribution in [3.63, 3.8) is 0 Å². The number of hydrogen-bond acceptors (Lipinski definition) is 6. The Balaban J connectivity index is 1.64. The van der Waals surface area contributed by atoms with Gasteiger partial charge in [0, 0.05) is 50.4 Å². The van der Waals surface area contributed by atoms with Crippen molar-refractivity contribution in [2.45, 2.75) is 44.8 Å². The maximum Gasteiger partial charge on any atom is 0.254 e. The number of benzene rings is 1. The van der Waals surface area contributed by atoms with Gasteiger partial charge in [-0.3, -0.25) is 9.59 Å². The fourth-order valence-electron chi connectivity index (χ4n) is 3.94. The normalized spacial score (nSPS) is 16.1. The molecule has 1 aromatic carbocycles. The highest BCUT2D eigenvalue weighted by Crippen LogP contribution is 2.25. The molecule has 2 heterocycles. The molecule has 1 aliphatic rings. The number of rotatable bonds is 9. The topological polar surface area (TPSA) is 69.6 Å². The van der Waals surface area contributed by atoms with Gasteiger partial charge in [0.2, 0.25) is 5.91 Å². The zero-order valence-corrected chi connectivity index (χ0v) is 21.1. The van der Waals surface area contributed by atoms with Crippen molar-refractivity contribution in [2.24, 2.45) is 0 Å². The molecule has 2 aromatic rings. The maximum absolute atomic E-state index is 12.9. The molecule has 33 heavy (non-hydrogen) atoms. The Morgan fingerprint density at radius 1 is 1.12 bits per heavy atom. The van der Waals surface area contributed by atoms with Gasteiger partial charge in [-0.2, -0.15) is 0 Å². The molecule has 1 aliphatic heterocycles. The van der Waals surface area contributed by atoms with Crippen molar-refractivity contribution < 1.29 is 9.59 Å². The van der Waals surface area contributed by atoms with Crippen molar-refractivity contribution in [1.29, 1.82) is 0 Å². The molecule has 3 rings (SSSR count).